The summed E-state index contributed by atoms with van der Waals surface area (Å²) in [6, 6.07) is 0. The molecule has 0 radical (unpaired) electrons. The van der Waals surface area contributed by atoms with Crippen molar-refractivity contribution in [1.29, 1.82) is 0 Å². The maximum Gasteiger partial charge on any atom is 0.224 e. The quantitative estimate of drug-likeness (QED) is 0.262. The summed E-state index contributed by atoms with van der Waals surface area (Å²) in [5, 5.41) is 67.0. The molecule has 0 bridgehead atoms. The van der Waals surface area contributed by atoms with E-state index < -0.39 is 68.5 Å². The molecule has 22 heavy (non-hydrogen) atoms. The molecule has 0 amide bonds. The molecule has 8 atom stereocenters. The van der Waals surface area contributed by atoms with Crippen molar-refractivity contribution < 1.29 is 50.0 Å². The smallest absolute Gasteiger partial charge is 0.224 e. The van der Waals surface area contributed by atoms with Gasteiger partial charge >= 0.3 is 0 Å². The van der Waals surface area contributed by atoms with Gasteiger partial charge in [-0.05, 0) is 0 Å². The molecule has 2 fully saturated rings. The van der Waals surface area contributed by atoms with Gasteiger partial charge in [0.1, 0.15) is 31.0 Å². The van der Waals surface area contributed by atoms with Crippen LogP contribution in [0.2, 0.25) is 0 Å². The van der Waals surface area contributed by atoms with Crippen LogP contribution >= 0.6 is 0 Å². The minimum absolute atomic E-state index is 0.0189. The zero-order chi connectivity index (χ0) is 16.5. The van der Waals surface area contributed by atoms with E-state index >= 15 is 0 Å². The first kappa shape index (κ1) is 17.9. The molecule has 2 rings (SSSR count). The molecule has 2 saturated heterocycles. The van der Waals surface area contributed by atoms with Gasteiger partial charge in [-0.2, -0.15) is 0 Å². The number of hydrogen-bond donors (Lipinski definition) is 7. The van der Waals surface area contributed by atoms with Crippen molar-refractivity contribution in [2.24, 2.45) is 0 Å². The predicted octanol–water partition coefficient (Wildman–Crippen LogP) is -4.37. The Balaban J connectivity index is 2.15. The van der Waals surface area contributed by atoms with E-state index in [4.69, 9.17) is 24.4 Å². The summed E-state index contributed by atoms with van der Waals surface area (Å²) in [6.45, 7) is -1.95. The molecular weight excluding hydrogens is 304 g/mol. The summed E-state index contributed by atoms with van der Waals surface area (Å²) in [7, 11) is 0. The van der Waals surface area contributed by atoms with Gasteiger partial charge in [-0.3, -0.25) is 0 Å². The van der Waals surface area contributed by atoms with Gasteiger partial charge in [0.15, 0.2) is 6.29 Å². The van der Waals surface area contributed by atoms with Crippen molar-refractivity contribution in [2.75, 3.05) is 19.8 Å². The lowest BCUT2D eigenvalue weighted by Crippen LogP contribution is -2.58. The van der Waals surface area contributed by atoms with Crippen molar-refractivity contribution in [3.8, 4) is 0 Å². The van der Waals surface area contributed by atoms with Gasteiger partial charge in [-0.1, -0.05) is 0 Å². The molecule has 1 unspecified atom stereocenters. The van der Waals surface area contributed by atoms with Crippen LogP contribution in [-0.2, 0) is 14.2 Å². The molecule has 0 aromatic carbocycles. The van der Waals surface area contributed by atoms with E-state index in [-0.39, 0.29) is 6.42 Å². The highest BCUT2D eigenvalue weighted by atomic mass is 16.8. The predicted molar refractivity (Wildman–Crippen MR) is 67.3 cm³/mol. The van der Waals surface area contributed by atoms with Gasteiger partial charge in [0.2, 0.25) is 5.79 Å². The normalized spacial score (nSPS) is 49.5. The highest BCUT2D eigenvalue weighted by Gasteiger charge is 2.57. The highest BCUT2D eigenvalue weighted by molar-refractivity contribution is 4.97. The van der Waals surface area contributed by atoms with E-state index in [0.717, 1.165) is 0 Å². The third-order valence-electron chi connectivity index (χ3n) is 3.93. The van der Waals surface area contributed by atoms with Gasteiger partial charge in [-0.15, -0.1) is 0 Å². The van der Waals surface area contributed by atoms with Crippen LogP contribution in [-0.4, -0.2) is 104 Å². The van der Waals surface area contributed by atoms with Crippen molar-refractivity contribution >= 4 is 0 Å². The Bertz CT molecular complexity index is 368. The van der Waals surface area contributed by atoms with E-state index in [1.807, 2.05) is 0 Å². The Kier molecular flexibility index (Phi) is 5.72. The summed E-state index contributed by atoms with van der Waals surface area (Å²) >= 11 is 0. The molecule has 7 N–H and O–H groups in total. The van der Waals surface area contributed by atoms with E-state index in [0.29, 0.717) is 0 Å². The number of aliphatic hydroxyl groups excluding tert-OH is 7. The first-order chi connectivity index (χ1) is 10.4. The fourth-order valence-electron chi connectivity index (χ4n) is 2.60. The monoisotopic (exact) mass is 326 g/mol. The SMILES string of the molecule is OC[C@@H]1C[C@H](O)[C@@H](O)[C@@H](OC2(CO)O[C@H](CO)[C@@H](O)[C@@H]2O)O1. The van der Waals surface area contributed by atoms with E-state index in [2.05, 4.69) is 0 Å². The lowest BCUT2D eigenvalue weighted by molar-refractivity contribution is -0.373. The summed E-state index contributed by atoms with van der Waals surface area (Å²) in [5.74, 6) is -2.13. The Morgan fingerprint density at radius 3 is 2.18 bits per heavy atom. The van der Waals surface area contributed by atoms with Crippen LogP contribution < -0.4 is 0 Å². The zero-order valence-corrected chi connectivity index (χ0v) is 11.7. The lowest BCUT2D eigenvalue weighted by Gasteiger charge is -2.41. The standard InChI is InChI=1S/C12H22O10/c13-2-5-1-6(16)8(17)11(20-5)22-12(4-15)10(19)9(18)7(3-14)21-12/h5-11,13-19H,1-4H2/t5-,6-,7+,8+,9+,10-,11+,12?/m0/s1. The van der Waals surface area contributed by atoms with Crippen LogP contribution in [0, 0.1) is 0 Å². The van der Waals surface area contributed by atoms with E-state index in [1.165, 1.54) is 0 Å². The third kappa shape index (κ3) is 3.12. The number of rotatable bonds is 5. The van der Waals surface area contributed by atoms with E-state index in [9.17, 15) is 25.5 Å². The molecule has 130 valence electrons. The lowest BCUT2D eigenvalue weighted by atomic mass is 10.0. The fourth-order valence-corrected chi connectivity index (χ4v) is 2.60. The van der Waals surface area contributed by atoms with Crippen molar-refractivity contribution in [2.45, 2.75) is 55.1 Å². The third-order valence-corrected chi connectivity index (χ3v) is 3.93. The first-order valence-electron chi connectivity index (χ1n) is 6.94. The molecular formula is C12H22O10. The number of hydrogen-bond acceptors (Lipinski definition) is 10. The topological polar surface area (TPSA) is 169 Å². The average molecular weight is 326 g/mol. The van der Waals surface area contributed by atoms with Gasteiger partial charge in [0.05, 0.1) is 25.4 Å². The largest absolute Gasteiger partial charge is 0.394 e. The number of ether oxygens (including phenoxy) is 3. The van der Waals surface area contributed by atoms with Crippen LogP contribution in [0.3, 0.4) is 0 Å². The minimum Gasteiger partial charge on any atom is -0.394 e. The molecule has 2 aliphatic heterocycles. The first-order valence-corrected chi connectivity index (χ1v) is 6.94. The molecule has 2 heterocycles. The Hall–Kier alpha value is -0.400. The van der Waals surface area contributed by atoms with Gasteiger partial charge in [0.25, 0.3) is 0 Å². The summed E-state index contributed by atoms with van der Waals surface area (Å²) in [5.41, 5.74) is 0. The Morgan fingerprint density at radius 1 is 1.00 bits per heavy atom. The average Bonchev–Trinajstić information content (AvgIpc) is 2.76. The second-order valence-electron chi connectivity index (χ2n) is 5.46. The van der Waals surface area contributed by atoms with Crippen molar-refractivity contribution in [3.63, 3.8) is 0 Å². The van der Waals surface area contributed by atoms with Gasteiger partial charge < -0.3 is 50.0 Å². The molecule has 10 heteroatoms. The second-order valence-corrected chi connectivity index (χ2v) is 5.46. The number of aliphatic hydroxyl groups is 7. The maximum absolute atomic E-state index is 10.00. The summed E-state index contributed by atoms with van der Waals surface area (Å²) < 4.78 is 15.7. The minimum atomic E-state index is -2.13. The van der Waals surface area contributed by atoms with Crippen molar-refractivity contribution in [1.82, 2.24) is 0 Å². The fraction of sp³-hybridized carbons (Fsp3) is 1.00. The molecule has 10 nitrogen and oxygen atoms in total. The van der Waals surface area contributed by atoms with Gasteiger partial charge in [-0.25, -0.2) is 0 Å². The Morgan fingerprint density at radius 2 is 1.68 bits per heavy atom. The second kappa shape index (κ2) is 7.01. The molecule has 0 aromatic heterocycles. The molecule has 2 aliphatic rings. The van der Waals surface area contributed by atoms with Crippen LogP contribution in [0.5, 0.6) is 0 Å². The molecule has 0 aliphatic carbocycles. The van der Waals surface area contributed by atoms with Crippen LogP contribution in [0.15, 0.2) is 0 Å². The van der Waals surface area contributed by atoms with E-state index in [1.54, 1.807) is 0 Å². The van der Waals surface area contributed by atoms with Crippen molar-refractivity contribution in [3.05, 3.63) is 0 Å². The molecule has 0 saturated carbocycles. The van der Waals surface area contributed by atoms with Crippen LogP contribution in [0.25, 0.3) is 0 Å². The van der Waals surface area contributed by atoms with Gasteiger partial charge in [0, 0.05) is 6.42 Å². The van der Waals surface area contributed by atoms with Crippen LogP contribution in [0.1, 0.15) is 6.42 Å². The Labute approximate surface area is 126 Å². The molecule has 0 spiro atoms. The summed E-state index contributed by atoms with van der Waals surface area (Å²) in [4.78, 5) is 0. The highest BCUT2D eigenvalue weighted by Crippen LogP contribution is 2.35. The zero-order valence-electron chi connectivity index (χ0n) is 11.7. The molecule has 0 aromatic rings. The maximum atomic E-state index is 10.00. The summed E-state index contributed by atoms with van der Waals surface area (Å²) in [6.07, 6.45) is -9.51. The van der Waals surface area contributed by atoms with Crippen LogP contribution in [0.4, 0.5) is 0 Å².